The monoisotopic (exact) mass is 437 g/mol. The number of hydrogen-bond donors (Lipinski definition) is 0. The third kappa shape index (κ3) is 6.51. The predicted molar refractivity (Wildman–Crippen MR) is 118 cm³/mol. The maximum atomic E-state index is 13.2. The molecule has 30 heavy (non-hydrogen) atoms. The fraction of sp³-hybridized carbons (Fsp3) is 0.682. The zero-order valence-electron chi connectivity index (χ0n) is 18.2. The number of amides is 1. The van der Waals surface area contributed by atoms with Crippen molar-refractivity contribution in [2.75, 3.05) is 57.4 Å². The van der Waals surface area contributed by atoms with Crippen molar-refractivity contribution in [2.45, 2.75) is 38.9 Å². The Morgan fingerprint density at radius 1 is 1.23 bits per heavy atom. The van der Waals surface area contributed by atoms with E-state index in [1.807, 2.05) is 25.1 Å². The Balaban J connectivity index is 1.69. The summed E-state index contributed by atoms with van der Waals surface area (Å²) < 4.78 is 29.3. The minimum atomic E-state index is -3.02. The number of morpholine rings is 1. The molecule has 0 spiro atoms. The van der Waals surface area contributed by atoms with Crippen LogP contribution in [0.1, 0.15) is 25.8 Å². The topological polar surface area (TPSA) is 70.2 Å². The summed E-state index contributed by atoms with van der Waals surface area (Å²) >= 11 is 0. The van der Waals surface area contributed by atoms with Crippen molar-refractivity contribution in [3.8, 4) is 0 Å². The molecule has 2 aliphatic rings. The van der Waals surface area contributed by atoms with Gasteiger partial charge in [-0.1, -0.05) is 30.3 Å². The van der Waals surface area contributed by atoms with Gasteiger partial charge in [-0.25, -0.2) is 8.42 Å². The Morgan fingerprint density at radius 2 is 1.93 bits per heavy atom. The first-order valence-corrected chi connectivity index (χ1v) is 12.8. The lowest BCUT2D eigenvalue weighted by Gasteiger charge is -2.36. The number of likely N-dealkylation sites (N-methyl/N-ethyl adjacent to an activating group) is 1. The molecule has 2 unspecified atom stereocenters. The highest BCUT2D eigenvalue weighted by Gasteiger charge is 2.34. The molecule has 0 aromatic heterocycles. The molecule has 2 heterocycles. The summed E-state index contributed by atoms with van der Waals surface area (Å²) in [5, 5.41) is 0. The van der Waals surface area contributed by atoms with Gasteiger partial charge in [0.2, 0.25) is 5.91 Å². The average Bonchev–Trinajstić information content (AvgIpc) is 3.09. The summed E-state index contributed by atoms with van der Waals surface area (Å²) in [7, 11) is -3.02. The standard InChI is InChI=1S/C22H35N3O4S/c1-3-25(21-9-14-30(27,28)18-21)22(26)17-24(16-20-7-5-4-6-8-20)19(2)15-23-10-12-29-13-11-23/h4-8,19,21H,3,9-18H2,1-2H3. The lowest BCUT2D eigenvalue weighted by atomic mass is 10.1. The summed E-state index contributed by atoms with van der Waals surface area (Å²) in [6, 6.07) is 10.2. The molecule has 7 nitrogen and oxygen atoms in total. The molecule has 2 saturated heterocycles. The Kier molecular flexibility index (Phi) is 8.27. The third-order valence-electron chi connectivity index (χ3n) is 6.13. The highest BCUT2D eigenvalue weighted by atomic mass is 32.2. The molecule has 1 amide bonds. The number of ether oxygens (including phenoxy) is 1. The van der Waals surface area contributed by atoms with Crippen LogP contribution in [0.25, 0.3) is 0 Å². The van der Waals surface area contributed by atoms with Crippen molar-refractivity contribution in [2.24, 2.45) is 0 Å². The second-order valence-corrected chi connectivity index (χ2v) is 10.6. The smallest absolute Gasteiger partial charge is 0.237 e. The van der Waals surface area contributed by atoms with Crippen LogP contribution in [-0.2, 0) is 25.9 Å². The quantitative estimate of drug-likeness (QED) is 0.579. The molecule has 0 aliphatic carbocycles. The molecular weight excluding hydrogens is 402 g/mol. The van der Waals surface area contributed by atoms with Gasteiger partial charge >= 0.3 is 0 Å². The SMILES string of the molecule is CCN(C(=O)CN(Cc1ccccc1)C(C)CN1CCOCC1)C1CCS(=O)(=O)C1. The molecule has 2 atom stereocenters. The molecule has 0 saturated carbocycles. The molecule has 1 aromatic carbocycles. The number of benzene rings is 1. The van der Waals surface area contributed by atoms with Crippen LogP contribution in [0.5, 0.6) is 0 Å². The molecule has 8 heteroatoms. The number of hydrogen-bond acceptors (Lipinski definition) is 6. The second-order valence-electron chi connectivity index (χ2n) is 8.39. The van der Waals surface area contributed by atoms with Gasteiger partial charge in [0.15, 0.2) is 9.84 Å². The van der Waals surface area contributed by atoms with Crippen molar-refractivity contribution in [3.63, 3.8) is 0 Å². The van der Waals surface area contributed by atoms with Crippen LogP contribution in [-0.4, -0.2) is 98.6 Å². The number of rotatable bonds is 9. The summed E-state index contributed by atoms with van der Waals surface area (Å²) in [4.78, 5) is 19.6. The van der Waals surface area contributed by atoms with E-state index in [4.69, 9.17) is 4.74 Å². The molecule has 168 valence electrons. The van der Waals surface area contributed by atoms with Crippen LogP contribution in [0, 0.1) is 0 Å². The van der Waals surface area contributed by atoms with Gasteiger partial charge in [-0.3, -0.25) is 14.6 Å². The molecule has 1 aromatic rings. The number of sulfone groups is 1. The van der Waals surface area contributed by atoms with Gasteiger partial charge < -0.3 is 9.64 Å². The third-order valence-corrected chi connectivity index (χ3v) is 7.88. The molecule has 3 rings (SSSR count). The van der Waals surface area contributed by atoms with Gasteiger partial charge in [0.25, 0.3) is 0 Å². The fourth-order valence-electron chi connectivity index (χ4n) is 4.38. The van der Waals surface area contributed by atoms with Crippen LogP contribution in [0.3, 0.4) is 0 Å². The van der Waals surface area contributed by atoms with E-state index in [2.05, 4.69) is 28.9 Å². The largest absolute Gasteiger partial charge is 0.379 e. The Bertz CT molecular complexity index is 781. The van der Waals surface area contributed by atoms with Crippen LogP contribution < -0.4 is 0 Å². The van der Waals surface area contributed by atoms with Crippen molar-refractivity contribution in [1.82, 2.24) is 14.7 Å². The molecule has 0 N–H and O–H groups in total. The molecule has 2 fully saturated rings. The average molecular weight is 438 g/mol. The van der Waals surface area contributed by atoms with E-state index in [1.165, 1.54) is 5.56 Å². The number of carbonyl (C=O) groups excluding carboxylic acids is 1. The fourth-order valence-corrected chi connectivity index (χ4v) is 6.11. The Hall–Kier alpha value is -1.48. The van der Waals surface area contributed by atoms with Crippen LogP contribution in [0.4, 0.5) is 0 Å². The van der Waals surface area contributed by atoms with E-state index < -0.39 is 9.84 Å². The van der Waals surface area contributed by atoms with Gasteiger partial charge in [0.1, 0.15) is 0 Å². The van der Waals surface area contributed by atoms with Gasteiger partial charge in [-0.05, 0) is 25.8 Å². The first-order valence-electron chi connectivity index (χ1n) is 11.0. The van der Waals surface area contributed by atoms with Crippen LogP contribution in [0.2, 0.25) is 0 Å². The minimum Gasteiger partial charge on any atom is -0.379 e. The maximum absolute atomic E-state index is 13.2. The van der Waals surface area contributed by atoms with Crippen molar-refractivity contribution < 1.29 is 17.9 Å². The van der Waals surface area contributed by atoms with E-state index >= 15 is 0 Å². The highest BCUT2D eigenvalue weighted by molar-refractivity contribution is 7.91. The first-order chi connectivity index (χ1) is 14.4. The van der Waals surface area contributed by atoms with Gasteiger partial charge in [0, 0.05) is 44.8 Å². The Morgan fingerprint density at radius 3 is 2.53 bits per heavy atom. The van der Waals surface area contributed by atoms with E-state index in [-0.39, 0.29) is 29.5 Å². The maximum Gasteiger partial charge on any atom is 0.237 e. The number of carbonyl (C=O) groups is 1. The zero-order valence-corrected chi connectivity index (χ0v) is 19.0. The minimum absolute atomic E-state index is 0.0179. The molecule has 0 bridgehead atoms. The van der Waals surface area contributed by atoms with Gasteiger partial charge in [-0.15, -0.1) is 0 Å². The molecular formula is C22H35N3O4S. The highest BCUT2D eigenvalue weighted by Crippen LogP contribution is 2.19. The van der Waals surface area contributed by atoms with E-state index in [0.29, 0.717) is 26.1 Å². The zero-order chi connectivity index (χ0) is 21.6. The lowest BCUT2D eigenvalue weighted by molar-refractivity contribution is -0.135. The van der Waals surface area contributed by atoms with Crippen molar-refractivity contribution in [1.29, 1.82) is 0 Å². The summed E-state index contributed by atoms with van der Waals surface area (Å²) in [5.74, 6) is 0.293. The molecule has 0 radical (unpaired) electrons. The van der Waals surface area contributed by atoms with Crippen molar-refractivity contribution in [3.05, 3.63) is 35.9 Å². The van der Waals surface area contributed by atoms with E-state index in [1.54, 1.807) is 4.90 Å². The van der Waals surface area contributed by atoms with E-state index in [0.717, 1.165) is 32.8 Å². The van der Waals surface area contributed by atoms with Gasteiger partial charge in [-0.2, -0.15) is 0 Å². The first kappa shape index (κ1) is 23.2. The summed E-state index contributed by atoms with van der Waals surface area (Å²) in [6.07, 6.45) is 0.546. The lowest BCUT2D eigenvalue weighted by Crippen LogP contribution is -2.51. The van der Waals surface area contributed by atoms with Gasteiger partial charge in [0.05, 0.1) is 31.3 Å². The normalized spacial score (nSPS) is 22.8. The number of nitrogens with zero attached hydrogens (tertiary/aromatic N) is 3. The second kappa shape index (κ2) is 10.7. The van der Waals surface area contributed by atoms with Crippen molar-refractivity contribution >= 4 is 15.7 Å². The Labute approximate surface area is 180 Å². The molecule has 2 aliphatic heterocycles. The van der Waals surface area contributed by atoms with E-state index in [9.17, 15) is 13.2 Å². The summed E-state index contributed by atoms with van der Waals surface area (Å²) in [5.41, 5.74) is 1.17. The summed E-state index contributed by atoms with van der Waals surface area (Å²) in [6.45, 7) is 9.85. The van der Waals surface area contributed by atoms with Crippen LogP contribution >= 0.6 is 0 Å². The predicted octanol–water partition coefficient (Wildman–Crippen LogP) is 1.24. The van der Waals surface area contributed by atoms with Crippen LogP contribution in [0.15, 0.2) is 30.3 Å².